The van der Waals surface area contributed by atoms with Crippen LogP contribution >= 0.6 is 0 Å². The van der Waals surface area contributed by atoms with E-state index in [4.69, 9.17) is 21.8 Å². The molecule has 1 aliphatic heterocycles. The van der Waals surface area contributed by atoms with Gasteiger partial charge in [-0.15, -0.1) is 0 Å². The highest BCUT2D eigenvalue weighted by Crippen LogP contribution is 2.43. The van der Waals surface area contributed by atoms with E-state index >= 15 is 0 Å². The molecule has 0 atom stereocenters. The van der Waals surface area contributed by atoms with Crippen molar-refractivity contribution in [3.63, 3.8) is 0 Å². The molecule has 156 valence electrons. The van der Waals surface area contributed by atoms with Crippen LogP contribution < -0.4 is 15.2 Å². The van der Waals surface area contributed by atoms with Gasteiger partial charge in [0.15, 0.2) is 17.2 Å². The Bertz CT molecular complexity index is 1270. The maximum absolute atomic E-state index is 12.3. The first kappa shape index (κ1) is 20.3. The minimum absolute atomic E-state index is 0.0275. The molecule has 1 aliphatic rings. The number of ether oxygens (including phenoxy) is 2. The predicted octanol–water partition coefficient (Wildman–Crippen LogP) is 3.27. The van der Waals surface area contributed by atoms with Gasteiger partial charge in [0.25, 0.3) is 0 Å². The van der Waals surface area contributed by atoms with Crippen molar-refractivity contribution >= 4 is 17.2 Å². The number of nitrogens with two attached hydrogens (primary N) is 1. The number of ketones is 1. The highest BCUT2D eigenvalue weighted by Gasteiger charge is 2.23. The van der Waals surface area contributed by atoms with Crippen molar-refractivity contribution < 1.29 is 14.3 Å². The first-order valence-electron chi connectivity index (χ1n) is 9.59. The molecule has 4 rings (SSSR count). The summed E-state index contributed by atoms with van der Waals surface area (Å²) in [5.41, 5.74) is 11.4. The van der Waals surface area contributed by atoms with Gasteiger partial charge in [-0.25, -0.2) is 4.85 Å². The van der Waals surface area contributed by atoms with E-state index in [1.165, 1.54) is 7.11 Å². The number of fused-ring (bicyclic) bond motifs is 1. The average Bonchev–Trinajstić information content (AvgIpc) is 3.19. The van der Waals surface area contributed by atoms with Gasteiger partial charge in [0.1, 0.15) is 12.3 Å². The number of hydrogen-bond acceptors (Lipinski definition) is 6. The van der Waals surface area contributed by atoms with Crippen LogP contribution in [0.5, 0.6) is 11.5 Å². The summed E-state index contributed by atoms with van der Waals surface area (Å²) in [7, 11) is 4.90. The lowest BCUT2D eigenvalue weighted by molar-refractivity contribution is 0.1000. The second-order valence-electron chi connectivity index (χ2n) is 7.02. The maximum Gasteiger partial charge on any atom is 0.200 e. The minimum atomic E-state index is -0.0275. The van der Waals surface area contributed by atoms with Crippen LogP contribution in [0.2, 0.25) is 0 Å². The summed E-state index contributed by atoms with van der Waals surface area (Å²) in [5.74, 6) is 0.975. The molecule has 1 aromatic heterocycles. The molecule has 0 saturated heterocycles. The SMILES string of the molecule is [C-]#[N+]c1cc(OC)c(OC)cc1-c1c(-c2ccc3c(c2)C(CN)=NCC3=O)cnn1C. The molecule has 0 fully saturated rings. The number of nitrogens with zero attached hydrogens (tertiary/aromatic N) is 4. The Kier molecular flexibility index (Phi) is 5.28. The van der Waals surface area contributed by atoms with Gasteiger partial charge in [-0.2, -0.15) is 5.10 Å². The number of rotatable bonds is 5. The van der Waals surface area contributed by atoms with Gasteiger partial charge < -0.3 is 15.2 Å². The Morgan fingerprint density at radius 1 is 1.10 bits per heavy atom. The monoisotopic (exact) mass is 415 g/mol. The Labute approximate surface area is 179 Å². The normalized spacial score (nSPS) is 12.7. The summed E-state index contributed by atoms with van der Waals surface area (Å²) in [5, 5.41) is 4.43. The number of aromatic nitrogens is 2. The number of hydrogen-bond donors (Lipinski definition) is 1. The predicted molar refractivity (Wildman–Crippen MR) is 118 cm³/mol. The van der Waals surface area contributed by atoms with Crippen molar-refractivity contribution in [2.24, 2.45) is 17.8 Å². The van der Waals surface area contributed by atoms with Crippen LogP contribution in [-0.4, -0.2) is 48.6 Å². The van der Waals surface area contributed by atoms with Gasteiger partial charge >= 0.3 is 0 Å². The summed E-state index contributed by atoms with van der Waals surface area (Å²) in [6.45, 7) is 8.04. The lowest BCUT2D eigenvalue weighted by Crippen LogP contribution is -2.24. The van der Waals surface area contributed by atoms with Gasteiger partial charge in [0, 0.05) is 35.8 Å². The van der Waals surface area contributed by atoms with Gasteiger partial charge in [-0.05, 0) is 23.8 Å². The average molecular weight is 415 g/mol. The maximum atomic E-state index is 12.3. The fraction of sp³-hybridized carbons (Fsp3) is 0.217. The topological polar surface area (TPSA) is 96.1 Å². The van der Waals surface area contributed by atoms with E-state index in [2.05, 4.69) is 14.9 Å². The second kappa shape index (κ2) is 8.05. The van der Waals surface area contributed by atoms with E-state index in [1.807, 2.05) is 19.2 Å². The zero-order chi connectivity index (χ0) is 22.1. The van der Waals surface area contributed by atoms with Crippen molar-refractivity contribution in [3.05, 3.63) is 59.1 Å². The van der Waals surface area contributed by atoms with Gasteiger partial charge in [0.2, 0.25) is 0 Å². The Hall–Kier alpha value is -3.96. The Balaban J connectivity index is 1.93. The molecule has 3 aromatic rings. The standard InChI is InChI=1S/C23H21N5O3/c1-25-18-9-22(31-4)21(30-3)8-16(18)23-17(11-27-28(23)2)13-5-6-14-15(7-13)19(10-24)26-12-20(14)29/h5-9,11H,10,12,24H2,2-4H3. The number of aliphatic imine (C=N–C) groups is 1. The molecule has 0 aliphatic carbocycles. The Morgan fingerprint density at radius 2 is 1.84 bits per heavy atom. The highest BCUT2D eigenvalue weighted by atomic mass is 16.5. The summed E-state index contributed by atoms with van der Waals surface area (Å²) in [4.78, 5) is 20.3. The number of aryl methyl sites for hydroxylation is 1. The summed E-state index contributed by atoms with van der Waals surface area (Å²) in [6, 6.07) is 9.04. The molecule has 0 radical (unpaired) electrons. The van der Waals surface area contributed by atoms with E-state index in [0.717, 1.165) is 22.4 Å². The first-order chi connectivity index (χ1) is 15.0. The fourth-order valence-electron chi connectivity index (χ4n) is 3.82. The largest absolute Gasteiger partial charge is 0.494 e. The van der Waals surface area contributed by atoms with Crippen LogP contribution in [0.3, 0.4) is 0 Å². The van der Waals surface area contributed by atoms with Crippen LogP contribution in [0, 0.1) is 6.57 Å². The molecule has 2 aromatic carbocycles. The zero-order valence-electron chi connectivity index (χ0n) is 17.5. The smallest absolute Gasteiger partial charge is 0.200 e. The summed E-state index contributed by atoms with van der Waals surface area (Å²) in [6.07, 6.45) is 1.74. The zero-order valence-corrected chi connectivity index (χ0v) is 17.5. The van der Waals surface area contributed by atoms with Crippen molar-refractivity contribution in [2.45, 2.75) is 0 Å². The van der Waals surface area contributed by atoms with Gasteiger partial charge in [0.05, 0.1) is 38.4 Å². The third-order valence-electron chi connectivity index (χ3n) is 5.36. The van der Waals surface area contributed by atoms with Crippen molar-refractivity contribution in [2.75, 3.05) is 27.3 Å². The van der Waals surface area contributed by atoms with Crippen LogP contribution in [0.1, 0.15) is 15.9 Å². The van der Waals surface area contributed by atoms with Crippen molar-refractivity contribution in [1.29, 1.82) is 0 Å². The quantitative estimate of drug-likeness (QED) is 0.645. The van der Waals surface area contributed by atoms with Crippen LogP contribution in [-0.2, 0) is 7.05 Å². The minimum Gasteiger partial charge on any atom is -0.494 e. The molecule has 8 heteroatoms. The second-order valence-corrected chi connectivity index (χ2v) is 7.02. The molecule has 31 heavy (non-hydrogen) atoms. The van der Waals surface area contributed by atoms with E-state index in [1.54, 1.807) is 36.2 Å². The van der Waals surface area contributed by atoms with E-state index in [9.17, 15) is 4.79 Å². The van der Waals surface area contributed by atoms with Gasteiger partial charge in [-0.3, -0.25) is 14.5 Å². The van der Waals surface area contributed by atoms with Crippen LogP contribution in [0.25, 0.3) is 27.2 Å². The van der Waals surface area contributed by atoms with Gasteiger partial charge in [-0.1, -0.05) is 12.1 Å². The third-order valence-corrected chi connectivity index (χ3v) is 5.36. The number of Topliss-reactive ketones (excluding diaryl/α,β-unsaturated/α-hetero) is 1. The van der Waals surface area contributed by atoms with Crippen molar-refractivity contribution in [1.82, 2.24) is 9.78 Å². The summed E-state index contributed by atoms with van der Waals surface area (Å²) >= 11 is 0. The number of carbonyl (C=O) groups excluding carboxylic acids is 1. The molecule has 0 spiro atoms. The molecular weight excluding hydrogens is 394 g/mol. The van der Waals surface area contributed by atoms with Crippen LogP contribution in [0.4, 0.5) is 5.69 Å². The molecular formula is C23H21N5O3. The molecule has 0 bridgehead atoms. The molecule has 8 nitrogen and oxygen atoms in total. The lowest BCUT2D eigenvalue weighted by Gasteiger charge is -2.17. The molecule has 0 unspecified atom stereocenters. The molecule has 0 amide bonds. The first-order valence-corrected chi connectivity index (χ1v) is 9.59. The highest BCUT2D eigenvalue weighted by molar-refractivity contribution is 6.16. The Morgan fingerprint density at radius 3 is 2.52 bits per heavy atom. The number of carbonyl (C=O) groups is 1. The van der Waals surface area contributed by atoms with E-state index in [-0.39, 0.29) is 18.9 Å². The fourth-order valence-corrected chi connectivity index (χ4v) is 3.82. The number of methoxy groups -OCH3 is 2. The molecule has 0 saturated carbocycles. The molecule has 2 heterocycles. The number of benzene rings is 2. The van der Waals surface area contributed by atoms with E-state index < -0.39 is 0 Å². The van der Waals surface area contributed by atoms with E-state index in [0.29, 0.717) is 34.0 Å². The van der Waals surface area contributed by atoms with Crippen LogP contribution in [0.15, 0.2) is 41.5 Å². The third kappa shape index (κ3) is 3.35. The lowest BCUT2D eigenvalue weighted by atomic mass is 9.91. The molecule has 2 N–H and O–H groups in total. The van der Waals surface area contributed by atoms with Crippen molar-refractivity contribution in [3.8, 4) is 33.9 Å². The summed E-state index contributed by atoms with van der Waals surface area (Å²) < 4.78 is 12.5.